The fraction of sp³-hybridized carbons (Fsp3) is 0.833. The molecule has 3 aliphatic rings. The van der Waals surface area contributed by atoms with Crippen LogP contribution in [0.4, 0.5) is 0 Å². The number of methoxy groups -OCH3 is 1. The van der Waals surface area contributed by atoms with Gasteiger partial charge >= 0.3 is 0 Å². The third-order valence-corrected chi connectivity index (χ3v) is 13.5. The zero-order valence-electron chi connectivity index (χ0n) is 26.9. The second-order valence-electron chi connectivity index (χ2n) is 15.5. The summed E-state index contributed by atoms with van der Waals surface area (Å²) in [4.78, 5) is 0. The quantitative estimate of drug-likeness (QED) is 0.315. The van der Waals surface area contributed by atoms with Gasteiger partial charge in [-0.3, -0.25) is 0 Å². The summed E-state index contributed by atoms with van der Waals surface area (Å²) in [6.45, 7) is 32.3. The molecule has 3 fully saturated rings. The topological polar surface area (TPSA) is 9.23 Å². The van der Waals surface area contributed by atoms with Gasteiger partial charge in [-0.1, -0.05) is 107 Å². The fourth-order valence-electron chi connectivity index (χ4n) is 8.91. The minimum atomic E-state index is 0.272. The minimum Gasteiger partial charge on any atom is -0.381 e. The molecule has 0 amide bonds. The lowest BCUT2D eigenvalue weighted by Crippen LogP contribution is -2.50. The zero-order chi connectivity index (χ0) is 28.0. The van der Waals surface area contributed by atoms with Crippen molar-refractivity contribution < 1.29 is 4.74 Å². The normalized spacial score (nSPS) is 35.6. The Morgan fingerprint density at radius 1 is 1.05 bits per heavy atom. The molecular weight excluding hydrogens is 448 g/mol. The molecule has 37 heavy (non-hydrogen) atoms. The van der Waals surface area contributed by atoms with E-state index in [0.717, 1.165) is 24.7 Å². The molecule has 7 unspecified atom stereocenters. The molecule has 0 aromatic heterocycles. The molecule has 0 aliphatic heterocycles. The van der Waals surface area contributed by atoms with Gasteiger partial charge in [0.2, 0.25) is 0 Å². The molecule has 0 aromatic rings. The molecule has 3 saturated carbocycles. The molecule has 0 saturated heterocycles. The number of allylic oxidation sites excluding steroid dienone is 4. The highest BCUT2D eigenvalue weighted by Crippen LogP contribution is 2.65. The van der Waals surface area contributed by atoms with Crippen molar-refractivity contribution in [2.75, 3.05) is 7.11 Å². The Labute approximate surface area is 232 Å². The average molecular weight is 511 g/mol. The van der Waals surface area contributed by atoms with Crippen molar-refractivity contribution in [3.8, 4) is 0 Å². The fourth-order valence-corrected chi connectivity index (χ4v) is 8.91. The monoisotopic (exact) mass is 510 g/mol. The Morgan fingerprint density at radius 3 is 2.30 bits per heavy atom. The first-order valence-corrected chi connectivity index (χ1v) is 15.7. The summed E-state index contributed by atoms with van der Waals surface area (Å²) < 4.78 is 5.76. The van der Waals surface area contributed by atoms with E-state index < -0.39 is 0 Å². The molecule has 0 bridgehead atoms. The minimum absolute atomic E-state index is 0.272. The van der Waals surface area contributed by atoms with Crippen LogP contribution in [0.1, 0.15) is 128 Å². The average Bonchev–Trinajstić information content (AvgIpc) is 3.20. The van der Waals surface area contributed by atoms with Crippen LogP contribution in [0.15, 0.2) is 35.5 Å². The standard InChI is InChI=1S/C36H62O/c1-14-33(6,7)27(5)35(10,11)34(8,9)26(4)31-19-20-32-28(16-15-21-36(31,32)12)17-18-29-23-30(37-13)22-24(2)25(29)3/h17-18,24,26-27,30-32H,3,14-16,19-23H2,1-2,4-13H3. The van der Waals surface area contributed by atoms with Gasteiger partial charge < -0.3 is 4.74 Å². The summed E-state index contributed by atoms with van der Waals surface area (Å²) >= 11 is 0. The molecule has 0 N–H and O–H groups in total. The predicted octanol–water partition coefficient (Wildman–Crippen LogP) is 10.8. The summed E-state index contributed by atoms with van der Waals surface area (Å²) in [5.41, 5.74) is 5.79. The van der Waals surface area contributed by atoms with Crippen LogP contribution in [0.3, 0.4) is 0 Å². The van der Waals surface area contributed by atoms with Crippen molar-refractivity contribution in [2.24, 2.45) is 51.2 Å². The van der Waals surface area contributed by atoms with E-state index in [4.69, 9.17) is 4.74 Å². The first-order chi connectivity index (χ1) is 17.0. The van der Waals surface area contributed by atoms with Gasteiger partial charge in [0.05, 0.1) is 6.10 Å². The summed E-state index contributed by atoms with van der Waals surface area (Å²) in [7, 11) is 1.86. The number of hydrogen-bond donors (Lipinski definition) is 0. The lowest BCUT2D eigenvalue weighted by molar-refractivity contribution is -0.0808. The van der Waals surface area contributed by atoms with E-state index in [-0.39, 0.29) is 10.8 Å². The van der Waals surface area contributed by atoms with Crippen LogP contribution in [0.5, 0.6) is 0 Å². The van der Waals surface area contributed by atoms with Crippen LogP contribution in [0, 0.1) is 51.2 Å². The Bertz CT molecular complexity index is 882. The molecule has 0 radical (unpaired) electrons. The Morgan fingerprint density at radius 2 is 1.70 bits per heavy atom. The second kappa shape index (κ2) is 11.0. The molecule has 7 atom stereocenters. The zero-order valence-corrected chi connectivity index (χ0v) is 26.9. The Kier molecular flexibility index (Phi) is 9.12. The molecule has 3 rings (SSSR count). The van der Waals surface area contributed by atoms with Gasteiger partial charge in [-0.05, 0) is 107 Å². The van der Waals surface area contributed by atoms with Crippen molar-refractivity contribution >= 4 is 0 Å². The largest absolute Gasteiger partial charge is 0.381 e. The van der Waals surface area contributed by atoms with Gasteiger partial charge in [-0.2, -0.15) is 0 Å². The Balaban J connectivity index is 1.86. The summed E-state index contributed by atoms with van der Waals surface area (Å²) in [5.74, 6) is 3.42. The lowest BCUT2D eigenvalue weighted by atomic mass is 9.48. The van der Waals surface area contributed by atoms with Gasteiger partial charge in [-0.15, -0.1) is 0 Å². The summed E-state index contributed by atoms with van der Waals surface area (Å²) in [6.07, 6.45) is 15.4. The predicted molar refractivity (Wildman–Crippen MR) is 163 cm³/mol. The molecule has 212 valence electrons. The lowest BCUT2D eigenvalue weighted by Gasteiger charge is -2.57. The summed E-state index contributed by atoms with van der Waals surface area (Å²) in [5, 5.41) is 0. The van der Waals surface area contributed by atoms with Gasteiger partial charge in [0, 0.05) is 7.11 Å². The van der Waals surface area contributed by atoms with E-state index in [0.29, 0.717) is 34.7 Å². The van der Waals surface area contributed by atoms with E-state index in [1.807, 2.05) is 7.11 Å². The van der Waals surface area contributed by atoms with E-state index in [9.17, 15) is 0 Å². The highest BCUT2D eigenvalue weighted by atomic mass is 16.5. The first-order valence-electron chi connectivity index (χ1n) is 15.7. The maximum Gasteiger partial charge on any atom is 0.0617 e. The van der Waals surface area contributed by atoms with Crippen LogP contribution in [-0.4, -0.2) is 13.2 Å². The molecule has 0 aromatic carbocycles. The molecule has 0 spiro atoms. The van der Waals surface area contributed by atoms with E-state index in [1.165, 1.54) is 49.7 Å². The van der Waals surface area contributed by atoms with Crippen LogP contribution in [0.25, 0.3) is 0 Å². The SMILES string of the molecule is C=C1C(=CC=C2CCCC3(C)C2CCC3C(C)C(C)(C)C(C)(C)C(C)C(C)(C)CC)CC(OC)CC1C. The van der Waals surface area contributed by atoms with Crippen molar-refractivity contribution in [2.45, 2.75) is 134 Å². The van der Waals surface area contributed by atoms with Crippen LogP contribution in [0.2, 0.25) is 0 Å². The van der Waals surface area contributed by atoms with Crippen LogP contribution >= 0.6 is 0 Å². The molecule has 1 heteroatoms. The van der Waals surface area contributed by atoms with Crippen molar-refractivity contribution in [1.29, 1.82) is 0 Å². The number of ether oxygens (including phenoxy) is 1. The van der Waals surface area contributed by atoms with Gasteiger partial charge in [-0.25, -0.2) is 0 Å². The molecule has 0 heterocycles. The number of rotatable bonds is 8. The van der Waals surface area contributed by atoms with E-state index in [2.05, 4.69) is 94.9 Å². The maximum atomic E-state index is 5.76. The van der Waals surface area contributed by atoms with Crippen molar-refractivity contribution in [1.82, 2.24) is 0 Å². The van der Waals surface area contributed by atoms with Gasteiger partial charge in [0.1, 0.15) is 0 Å². The highest BCUT2D eigenvalue weighted by molar-refractivity contribution is 5.37. The maximum absolute atomic E-state index is 5.76. The molecule has 1 nitrogen and oxygen atoms in total. The van der Waals surface area contributed by atoms with Crippen molar-refractivity contribution in [3.63, 3.8) is 0 Å². The van der Waals surface area contributed by atoms with E-state index >= 15 is 0 Å². The molecule has 3 aliphatic carbocycles. The number of hydrogen-bond acceptors (Lipinski definition) is 1. The van der Waals surface area contributed by atoms with Crippen LogP contribution < -0.4 is 0 Å². The third-order valence-electron chi connectivity index (χ3n) is 13.5. The van der Waals surface area contributed by atoms with Gasteiger partial charge in [0.25, 0.3) is 0 Å². The van der Waals surface area contributed by atoms with Crippen molar-refractivity contribution in [3.05, 3.63) is 35.5 Å². The Hall–Kier alpha value is -0.820. The summed E-state index contributed by atoms with van der Waals surface area (Å²) in [6, 6.07) is 0. The third kappa shape index (κ3) is 5.47. The highest BCUT2D eigenvalue weighted by Gasteiger charge is 2.56. The smallest absolute Gasteiger partial charge is 0.0617 e. The first kappa shape index (κ1) is 30.7. The van der Waals surface area contributed by atoms with Crippen LogP contribution in [-0.2, 0) is 4.74 Å². The second-order valence-corrected chi connectivity index (χ2v) is 15.5. The van der Waals surface area contributed by atoms with E-state index in [1.54, 1.807) is 5.57 Å². The number of fused-ring (bicyclic) bond motifs is 1. The van der Waals surface area contributed by atoms with Gasteiger partial charge in [0.15, 0.2) is 0 Å². The molecular formula is C36H62O.